The van der Waals surface area contributed by atoms with Gasteiger partial charge in [0.2, 0.25) is 0 Å². The molecule has 3 rings (SSSR count). The molecule has 1 aliphatic rings. The van der Waals surface area contributed by atoms with E-state index in [-0.39, 0.29) is 0 Å². The van der Waals surface area contributed by atoms with Gasteiger partial charge in [0.15, 0.2) is 5.96 Å². The number of nitrogens with zero attached hydrogens (tertiary/aromatic N) is 6. The number of hydrogen-bond acceptors (Lipinski definition) is 5. The fraction of sp³-hybridized carbons (Fsp3) is 0.500. The summed E-state index contributed by atoms with van der Waals surface area (Å²) in [4.78, 5) is 13.6. The number of aliphatic imine (C=N–C) groups is 1. The van der Waals surface area contributed by atoms with Crippen molar-refractivity contribution in [3.8, 4) is 0 Å². The molecule has 1 saturated heterocycles. The van der Waals surface area contributed by atoms with Gasteiger partial charge in [0, 0.05) is 64.8 Å². The number of aromatic nitrogens is 3. The first-order chi connectivity index (χ1) is 12.7. The van der Waals surface area contributed by atoms with Crippen molar-refractivity contribution in [3.63, 3.8) is 0 Å². The fourth-order valence-corrected chi connectivity index (χ4v) is 3.02. The quantitative estimate of drug-likeness (QED) is 0.598. The van der Waals surface area contributed by atoms with Crippen molar-refractivity contribution < 1.29 is 0 Å². The first kappa shape index (κ1) is 18.2. The minimum absolute atomic E-state index is 0.675. The minimum Gasteiger partial charge on any atom is -0.354 e. The van der Waals surface area contributed by atoms with Gasteiger partial charge in [-0.05, 0) is 19.2 Å². The maximum atomic E-state index is 4.62. The molecule has 0 aliphatic carbocycles. The van der Waals surface area contributed by atoms with Crippen molar-refractivity contribution in [3.05, 3.63) is 41.9 Å². The third-order valence-electron chi connectivity index (χ3n) is 4.70. The van der Waals surface area contributed by atoms with Crippen molar-refractivity contribution in [2.24, 2.45) is 12.0 Å². The second-order valence-corrected chi connectivity index (χ2v) is 6.50. The summed E-state index contributed by atoms with van der Waals surface area (Å²) in [6.07, 6.45) is 3.66. The van der Waals surface area contributed by atoms with Crippen molar-refractivity contribution in [1.29, 1.82) is 0 Å². The minimum atomic E-state index is 0.675. The average Bonchev–Trinajstić information content (AvgIpc) is 3.08. The third kappa shape index (κ3) is 4.51. The molecule has 140 valence electrons. The van der Waals surface area contributed by atoms with Crippen molar-refractivity contribution in [2.45, 2.75) is 13.1 Å². The van der Waals surface area contributed by atoms with Crippen LogP contribution in [0.5, 0.6) is 0 Å². The highest BCUT2D eigenvalue weighted by molar-refractivity contribution is 5.79. The van der Waals surface area contributed by atoms with Crippen LogP contribution in [0.2, 0.25) is 0 Å². The van der Waals surface area contributed by atoms with Gasteiger partial charge in [-0.15, -0.1) is 0 Å². The van der Waals surface area contributed by atoms with Gasteiger partial charge in [-0.3, -0.25) is 9.67 Å². The lowest BCUT2D eigenvalue weighted by Gasteiger charge is -2.34. The van der Waals surface area contributed by atoms with Crippen LogP contribution < -0.4 is 15.5 Å². The Morgan fingerprint density at radius 3 is 2.54 bits per heavy atom. The summed E-state index contributed by atoms with van der Waals surface area (Å²) < 4.78 is 1.85. The molecule has 26 heavy (non-hydrogen) atoms. The number of anilines is 1. The summed E-state index contributed by atoms with van der Waals surface area (Å²) in [6.45, 7) is 5.51. The molecule has 8 heteroatoms. The SMILES string of the molecule is CN=C(NCc1cccnc1N1CCN(C)CC1)NCc1ccnn1C. The summed E-state index contributed by atoms with van der Waals surface area (Å²) in [5.74, 6) is 1.83. The third-order valence-corrected chi connectivity index (χ3v) is 4.70. The van der Waals surface area contributed by atoms with Gasteiger partial charge in [-0.1, -0.05) is 6.07 Å². The van der Waals surface area contributed by atoms with E-state index in [1.165, 1.54) is 5.56 Å². The van der Waals surface area contributed by atoms with E-state index in [2.05, 4.69) is 48.6 Å². The topological polar surface area (TPSA) is 73.6 Å². The molecule has 0 amide bonds. The van der Waals surface area contributed by atoms with Crippen LogP contribution in [0.4, 0.5) is 5.82 Å². The monoisotopic (exact) mass is 356 g/mol. The Morgan fingerprint density at radius 1 is 1.08 bits per heavy atom. The van der Waals surface area contributed by atoms with Crippen LogP contribution in [-0.2, 0) is 20.1 Å². The van der Waals surface area contributed by atoms with E-state index in [0.717, 1.165) is 43.7 Å². The molecule has 1 aliphatic heterocycles. The summed E-state index contributed by atoms with van der Waals surface area (Å²) in [7, 11) is 5.88. The normalized spacial score (nSPS) is 16.0. The maximum absolute atomic E-state index is 4.62. The van der Waals surface area contributed by atoms with E-state index in [0.29, 0.717) is 13.1 Å². The first-order valence-corrected chi connectivity index (χ1v) is 8.96. The molecule has 0 radical (unpaired) electrons. The number of pyridine rings is 1. The highest BCUT2D eigenvalue weighted by atomic mass is 15.3. The molecule has 0 bridgehead atoms. The van der Waals surface area contributed by atoms with Gasteiger partial charge in [-0.25, -0.2) is 4.98 Å². The molecule has 0 atom stereocenters. The molecule has 2 aromatic rings. The lowest BCUT2D eigenvalue weighted by molar-refractivity contribution is 0.312. The van der Waals surface area contributed by atoms with Crippen molar-refractivity contribution >= 4 is 11.8 Å². The fourth-order valence-electron chi connectivity index (χ4n) is 3.02. The van der Waals surface area contributed by atoms with E-state index >= 15 is 0 Å². The number of piperazine rings is 1. The van der Waals surface area contributed by atoms with Gasteiger partial charge >= 0.3 is 0 Å². The van der Waals surface area contributed by atoms with Crippen LogP contribution in [0.25, 0.3) is 0 Å². The predicted octanol–water partition coefficient (Wildman–Crippen LogP) is 0.432. The molecular weight excluding hydrogens is 328 g/mol. The maximum Gasteiger partial charge on any atom is 0.191 e. The Hall–Kier alpha value is -2.61. The molecule has 0 aromatic carbocycles. The predicted molar refractivity (Wildman–Crippen MR) is 104 cm³/mol. The van der Waals surface area contributed by atoms with Gasteiger partial charge in [0.1, 0.15) is 5.82 Å². The standard InChI is InChI=1S/C18H28N8/c1-19-18(22-14-16-6-8-23-25(16)3)21-13-15-5-4-7-20-17(15)26-11-9-24(2)10-12-26/h4-8H,9-14H2,1-3H3,(H2,19,21,22). The van der Waals surface area contributed by atoms with E-state index in [9.17, 15) is 0 Å². The summed E-state index contributed by atoms with van der Waals surface area (Å²) >= 11 is 0. The molecular formula is C18H28N8. The van der Waals surface area contributed by atoms with Gasteiger partial charge in [-0.2, -0.15) is 5.10 Å². The Bertz CT molecular complexity index is 730. The van der Waals surface area contributed by atoms with E-state index in [4.69, 9.17) is 0 Å². The first-order valence-electron chi connectivity index (χ1n) is 8.96. The molecule has 0 spiro atoms. The second-order valence-electron chi connectivity index (χ2n) is 6.50. The van der Waals surface area contributed by atoms with Gasteiger partial charge in [0.25, 0.3) is 0 Å². The molecule has 0 unspecified atom stereocenters. The van der Waals surface area contributed by atoms with Crippen LogP contribution in [0.15, 0.2) is 35.6 Å². The average molecular weight is 356 g/mol. The van der Waals surface area contributed by atoms with Crippen molar-refractivity contribution in [2.75, 3.05) is 45.2 Å². The van der Waals surface area contributed by atoms with Crippen LogP contribution in [0.3, 0.4) is 0 Å². The smallest absolute Gasteiger partial charge is 0.191 e. The number of likely N-dealkylation sites (N-methyl/N-ethyl adjacent to an activating group) is 1. The highest BCUT2D eigenvalue weighted by Gasteiger charge is 2.18. The number of hydrogen-bond donors (Lipinski definition) is 2. The zero-order valence-electron chi connectivity index (χ0n) is 15.8. The molecule has 2 N–H and O–H groups in total. The Labute approximate surface area is 154 Å². The summed E-state index contributed by atoms with van der Waals surface area (Å²) in [5, 5.41) is 10.9. The van der Waals surface area contributed by atoms with Gasteiger partial charge in [0.05, 0.1) is 12.2 Å². The Balaban J connectivity index is 1.59. The number of rotatable bonds is 5. The number of guanidine groups is 1. The molecule has 1 fully saturated rings. The van der Waals surface area contributed by atoms with E-state index in [1.807, 2.05) is 30.1 Å². The molecule has 3 heterocycles. The lowest BCUT2D eigenvalue weighted by atomic mass is 10.2. The van der Waals surface area contributed by atoms with E-state index < -0.39 is 0 Å². The van der Waals surface area contributed by atoms with Gasteiger partial charge < -0.3 is 20.4 Å². The van der Waals surface area contributed by atoms with Crippen LogP contribution in [0, 0.1) is 0 Å². The Morgan fingerprint density at radius 2 is 1.85 bits per heavy atom. The molecule has 0 saturated carbocycles. The lowest BCUT2D eigenvalue weighted by Crippen LogP contribution is -2.45. The largest absolute Gasteiger partial charge is 0.354 e. The Kier molecular flexibility index (Phi) is 6.06. The number of aryl methyl sites for hydroxylation is 1. The van der Waals surface area contributed by atoms with Crippen LogP contribution in [0.1, 0.15) is 11.3 Å². The summed E-state index contributed by atoms with van der Waals surface area (Å²) in [6, 6.07) is 6.11. The van der Waals surface area contributed by atoms with Crippen LogP contribution in [-0.4, -0.2) is 65.9 Å². The summed E-state index contributed by atoms with van der Waals surface area (Å²) in [5.41, 5.74) is 2.29. The zero-order chi connectivity index (χ0) is 18.4. The molecule has 8 nitrogen and oxygen atoms in total. The second kappa shape index (κ2) is 8.66. The van der Waals surface area contributed by atoms with E-state index in [1.54, 1.807) is 13.2 Å². The molecule has 2 aromatic heterocycles. The van der Waals surface area contributed by atoms with Crippen LogP contribution >= 0.6 is 0 Å². The zero-order valence-corrected chi connectivity index (χ0v) is 15.8. The highest BCUT2D eigenvalue weighted by Crippen LogP contribution is 2.18. The van der Waals surface area contributed by atoms with Crippen molar-refractivity contribution in [1.82, 2.24) is 30.3 Å². The number of nitrogens with one attached hydrogen (secondary N) is 2.